The normalized spacial score (nSPS) is 29.8. The van der Waals surface area contributed by atoms with Gasteiger partial charge in [-0.3, -0.25) is 0 Å². The minimum atomic E-state index is 0.800. The summed E-state index contributed by atoms with van der Waals surface area (Å²) in [5, 5.41) is 3.80. The van der Waals surface area contributed by atoms with Gasteiger partial charge in [0, 0.05) is 12.1 Å². The lowest BCUT2D eigenvalue weighted by Gasteiger charge is -2.32. The second-order valence-electron chi connectivity index (χ2n) is 6.95. The highest BCUT2D eigenvalue weighted by molar-refractivity contribution is 4.78. The van der Waals surface area contributed by atoms with Crippen molar-refractivity contribution in [2.24, 2.45) is 5.92 Å². The van der Waals surface area contributed by atoms with Gasteiger partial charge in [-0.05, 0) is 58.2 Å². The number of hydrogen-bond donors (Lipinski definition) is 1. The Kier molecular flexibility index (Phi) is 6.66. The largest absolute Gasteiger partial charge is 0.314 e. The minimum absolute atomic E-state index is 0.800. The molecule has 2 aliphatic carbocycles. The van der Waals surface area contributed by atoms with E-state index in [0.717, 1.165) is 18.0 Å². The summed E-state index contributed by atoms with van der Waals surface area (Å²) in [6, 6.07) is 1.68. The molecule has 2 atom stereocenters. The van der Waals surface area contributed by atoms with Gasteiger partial charge < -0.3 is 10.2 Å². The molecular formula is C17H34N2. The zero-order valence-electron chi connectivity index (χ0n) is 13.2. The van der Waals surface area contributed by atoms with E-state index in [-0.39, 0.29) is 0 Å². The number of hydrogen-bond acceptors (Lipinski definition) is 2. The van der Waals surface area contributed by atoms with Crippen LogP contribution in [0.1, 0.15) is 71.1 Å². The minimum Gasteiger partial charge on any atom is -0.314 e. The first-order chi connectivity index (χ1) is 9.27. The van der Waals surface area contributed by atoms with Crippen LogP contribution >= 0.6 is 0 Å². The molecule has 0 amide bonds. The van der Waals surface area contributed by atoms with Crippen LogP contribution in [-0.4, -0.2) is 37.1 Å². The zero-order valence-corrected chi connectivity index (χ0v) is 13.2. The van der Waals surface area contributed by atoms with Crippen molar-refractivity contribution in [2.75, 3.05) is 20.1 Å². The molecule has 2 unspecified atom stereocenters. The van der Waals surface area contributed by atoms with Gasteiger partial charge in [-0.2, -0.15) is 0 Å². The number of nitrogens with zero attached hydrogens (tertiary/aromatic N) is 1. The van der Waals surface area contributed by atoms with Gasteiger partial charge in [0.15, 0.2) is 0 Å². The van der Waals surface area contributed by atoms with Crippen molar-refractivity contribution in [1.82, 2.24) is 10.2 Å². The summed E-state index contributed by atoms with van der Waals surface area (Å²) in [7, 11) is 2.33. The summed E-state index contributed by atoms with van der Waals surface area (Å²) in [6.45, 7) is 4.91. The molecule has 0 aliphatic heterocycles. The Bertz CT molecular complexity index is 235. The highest BCUT2D eigenvalue weighted by Gasteiger charge is 2.21. The Labute approximate surface area is 120 Å². The fourth-order valence-electron chi connectivity index (χ4n) is 3.94. The van der Waals surface area contributed by atoms with E-state index < -0.39 is 0 Å². The van der Waals surface area contributed by atoms with Crippen molar-refractivity contribution in [3.05, 3.63) is 0 Å². The molecule has 0 aromatic heterocycles. The standard InChI is InChI=1S/C17H34N2/c1-15-9-6-7-12-17(15)18-13-8-14-19(2)16-10-4-3-5-11-16/h15-18H,3-14H2,1-2H3. The van der Waals surface area contributed by atoms with E-state index in [0.29, 0.717) is 0 Å². The van der Waals surface area contributed by atoms with Crippen LogP contribution in [-0.2, 0) is 0 Å². The third kappa shape index (κ3) is 5.07. The predicted molar refractivity (Wildman–Crippen MR) is 83.5 cm³/mol. The van der Waals surface area contributed by atoms with Gasteiger partial charge >= 0.3 is 0 Å². The summed E-state index contributed by atoms with van der Waals surface area (Å²) in [5.41, 5.74) is 0. The quantitative estimate of drug-likeness (QED) is 0.736. The van der Waals surface area contributed by atoms with Crippen LogP contribution in [0, 0.1) is 5.92 Å². The molecule has 0 aromatic carbocycles. The van der Waals surface area contributed by atoms with E-state index in [1.165, 1.54) is 77.3 Å². The molecule has 2 fully saturated rings. The summed E-state index contributed by atoms with van der Waals surface area (Å²) in [4.78, 5) is 2.62. The van der Waals surface area contributed by atoms with Crippen molar-refractivity contribution in [3.63, 3.8) is 0 Å². The van der Waals surface area contributed by atoms with Crippen molar-refractivity contribution in [3.8, 4) is 0 Å². The van der Waals surface area contributed by atoms with Crippen LogP contribution < -0.4 is 5.32 Å². The van der Waals surface area contributed by atoms with Crippen molar-refractivity contribution in [2.45, 2.75) is 83.2 Å². The van der Waals surface area contributed by atoms with Gasteiger partial charge in [0.05, 0.1) is 0 Å². The van der Waals surface area contributed by atoms with E-state index in [9.17, 15) is 0 Å². The average molecular weight is 266 g/mol. The highest BCUT2D eigenvalue weighted by Crippen LogP contribution is 2.24. The molecule has 2 aliphatic rings. The summed E-state index contributed by atoms with van der Waals surface area (Å²) >= 11 is 0. The monoisotopic (exact) mass is 266 g/mol. The molecule has 0 spiro atoms. The molecule has 0 radical (unpaired) electrons. The lowest BCUT2D eigenvalue weighted by molar-refractivity contribution is 0.187. The van der Waals surface area contributed by atoms with Gasteiger partial charge in [-0.1, -0.05) is 39.0 Å². The first kappa shape index (κ1) is 15.3. The van der Waals surface area contributed by atoms with E-state index in [1.807, 2.05) is 0 Å². The van der Waals surface area contributed by atoms with Gasteiger partial charge in [0.2, 0.25) is 0 Å². The van der Waals surface area contributed by atoms with E-state index in [2.05, 4.69) is 24.2 Å². The summed E-state index contributed by atoms with van der Waals surface area (Å²) in [5.74, 6) is 0.893. The average Bonchev–Trinajstić information content (AvgIpc) is 2.46. The number of nitrogens with one attached hydrogen (secondary N) is 1. The Hall–Kier alpha value is -0.0800. The predicted octanol–water partition coefficient (Wildman–Crippen LogP) is 3.81. The fourth-order valence-corrected chi connectivity index (χ4v) is 3.94. The molecular weight excluding hydrogens is 232 g/mol. The second kappa shape index (κ2) is 8.26. The van der Waals surface area contributed by atoms with Crippen molar-refractivity contribution >= 4 is 0 Å². The van der Waals surface area contributed by atoms with Crippen LogP contribution in [0.15, 0.2) is 0 Å². The third-order valence-corrected chi connectivity index (χ3v) is 5.40. The molecule has 19 heavy (non-hydrogen) atoms. The van der Waals surface area contributed by atoms with Crippen molar-refractivity contribution < 1.29 is 0 Å². The molecule has 2 nitrogen and oxygen atoms in total. The smallest absolute Gasteiger partial charge is 0.00926 e. The third-order valence-electron chi connectivity index (χ3n) is 5.40. The Balaban J connectivity index is 1.55. The Morgan fingerprint density at radius 2 is 1.63 bits per heavy atom. The molecule has 0 saturated heterocycles. The van der Waals surface area contributed by atoms with Crippen LogP contribution in [0.3, 0.4) is 0 Å². The van der Waals surface area contributed by atoms with Gasteiger partial charge in [0.25, 0.3) is 0 Å². The molecule has 0 bridgehead atoms. The maximum Gasteiger partial charge on any atom is 0.00926 e. The molecule has 112 valence electrons. The van der Waals surface area contributed by atoms with E-state index >= 15 is 0 Å². The Morgan fingerprint density at radius 1 is 0.947 bits per heavy atom. The lowest BCUT2D eigenvalue weighted by atomic mass is 9.86. The summed E-state index contributed by atoms with van der Waals surface area (Å²) in [6.07, 6.45) is 14.3. The summed E-state index contributed by atoms with van der Waals surface area (Å²) < 4.78 is 0. The van der Waals surface area contributed by atoms with Crippen molar-refractivity contribution in [1.29, 1.82) is 0 Å². The van der Waals surface area contributed by atoms with E-state index in [4.69, 9.17) is 0 Å². The van der Waals surface area contributed by atoms with Gasteiger partial charge in [-0.15, -0.1) is 0 Å². The molecule has 1 N–H and O–H groups in total. The molecule has 2 rings (SSSR count). The zero-order chi connectivity index (χ0) is 13.5. The topological polar surface area (TPSA) is 15.3 Å². The fraction of sp³-hybridized carbons (Fsp3) is 1.00. The maximum atomic E-state index is 3.80. The maximum absolute atomic E-state index is 3.80. The Morgan fingerprint density at radius 3 is 2.37 bits per heavy atom. The van der Waals surface area contributed by atoms with Crippen LogP contribution in [0.25, 0.3) is 0 Å². The van der Waals surface area contributed by atoms with E-state index in [1.54, 1.807) is 0 Å². The molecule has 2 heteroatoms. The van der Waals surface area contributed by atoms with Gasteiger partial charge in [0.1, 0.15) is 0 Å². The van der Waals surface area contributed by atoms with Gasteiger partial charge in [-0.25, -0.2) is 0 Å². The molecule has 0 heterocycles. The highest BCUT2D eigenvalue weighted by atomic mass is 15.1. The second-order valence-corrected chi connectivity index (χ2v) is 6.95. The number of rotatable bonds is 6. The molecule has 2 saturated carbocycles. The lowest BCUT2D eigenvalue weighted by Crippen LogP contribution is -2.39. The van der Waals surface area contributed by atoms with Crippen LogP contribution in [0.5, 0.6) is 0 Å². The van der Waals surface area contributed by atoms with Crippen LogP contribution in [0.2, 0.25) is 0 Å². The molecule has 0 aromatic rings. The first-order valence-corrected chi connectivity index (χ1v) is 8.71. The van der Waals surface area contributed by atoms with Crippen LogP contribution in [0.4, 0.5) is 0 Å². The SMILES string of the molecule is CC1CCCCC1NCCCN(C)C1CCCCC1. The first-order valence-electron chi connectivity index (χ1n) is 8.71.